The highest BCUT2D eigenvalue weighted by atomic mass is 28.4. The molecule has 0 radical (unpaired) electrons. The number of aliphatic hydroxyl groups is 1. The first-order chi connectivity index (χ1) is 11.3. The SMILES string of the molecule is CC(C)[C@@H](CO[Si](C)(C)C(C)(C)C)[C@@H]1C[C@@]2(C)C=C[C@@H]1C[C@]2(O)C=O. The number of fused-ring (bicyclic) bond motifs is 2. The third-order valence-electron chi connectivity index (χ3n) is 7.50. The van der Waals surface area contributed by atoms with Crippen molar-refractivity contribution in [3.8, 4) is 0 Å². The lowest BCUT2D eigenvalue weighted by Crippen LogP contribution is -2.58. The van der Waals surface area contributed by atoms with Gasteiger partial charge in [0, 0.05) is 12.0 Å². The summed E-state index contributed by atoms with van der Waals surface area (Å²) in [5.41, 5.74) is -1.65. The molecular formula is C21H38O3Si. The van der Waals surface area contributed by atoms with E-state index in [1.165, 1.54) is 0 Å². The second-order valence-electron chi connectivity index (χ2n) is 10.5. The predicted molar refractivity (Wildman–Crippen MR) is 106 cm³/mol. The second-order valence-corrected chi connectivity index (χ2v) is 15.3. The molecular weight excluding hydrogens is 328 g/mol. The smallest absolute Gasteiger partial charge is 0.191 e. The predicted octanol–water partition coefficient (Wildman–Crippen LogP) is 4.81. The van der Waals surface area contributed by atoms with Gasteiger partial charge in [-0.3, -0.25) is 0 Å². The Morgan fingerprint density at radius 1 is 1.32 bits per heavy atom. The van der Waals surface area contributed by atoms with Crippen molar-refractivity contribution in [3.63, 3.8) is 0 Å². The van der Waals surface area contributed by atoms with Gasteiger partial charge in [-0.25, -0.2) is 0 Å². The van der Waals surface area contributed by atoms with E-state index in [4.69, 9.17) is 4.43 Å². The summed E-state index contributed by atoms with van der Waals surface area (Å²) in [7, 11) is -1.78. The van der Waals surface area contributed by atoms with Crippen LogP contribution in [0.15, 0.2) is 12.2 Å². The molecule has 3 aliphatic rings. The van der Waals surface area contributed by atoms with Crippen molar-refractivity contribution in [1.82, 2.24) is 0 Å². The number of hydrogen-bond acceptors (Lipinski definition) is 3. The van der Waals surface area contributed by atoms with Crippen molar-refractivity contribution >= 4 is 14.6 Å². The molecule has 0 unspecified atom stereocenters. The van der Waals surface area contributed by atoms with Crippen LogP contribution in [0.25, 0.3) is 0 Å². The van der Waals surface area contributed by atoms with Gasteiger partial charge in [0.05, 0.1) is 0 Å². The summed E-state index contributed by atoms with van der Waals surface area (Å²) in [5, 5.41) is 11.0. The fourth-order valence-corrected chi connectivity index (χ4v) is 5.35. The van der Waals surface area contributed by atoms with Gasteiger partial charge >= 0.3 is 0 Å². The molecule has 1 fully saturated rings. The average Bonchev–Trinajstić information content (AvgIpc) is 2.47. The quantitative estimate of drug-likeness (QED) is 0.417. The molecule has 3 aliphatic carbocycles. The number of carbonyl (C=O) groups excluding carboxylic acids is 1. The molecule has 0 aromatic carbocycles. The normalized spacial score (nSPS) is 36.7. The maximum absolute atomic E-state index is 11.6. The Hall–Kier alpha value is -0.453. The van der Waals surface area contributed by atoms with Gasteiger partial charge in [0.1, 0.15) is 5.60 Å². The van der Waals surface area contributed by atoms with Crippen molar-refractivity contribution in [2.75, 3.05) is 6.61 Å². The van der Waals surface area contributed by atoms with Crippen LogP contribution in [-0.4, -0.2) is 31.9 Å². The first-order valence-electron chi connectivity index (χ1n) is 9.78. The molecule has 144 valence electrons. The van der Waals surface area contributed by atoms with Gasteiger partial charge in [0.25, 0.3) is 0 Å². The zero-order chi connectivity index (χ0) is 19.3. The van der Waals surface area contributed by atoms with Gasteiger partial charge < -0.3 is 14.3 Å². The van der Waals surface area contributed by atoms with Crippen LogP contribution in [0, 0.1) is 29.1 Å². The van der Waals surface area contributed by atoms with Gasteiger partial charge in [-0.05, 0) is 54.6 Å². The fourth-order valence-electron chi connectivity index (χ4n) is 4.30. The van der Waals surface area contributed by atoms with E-state index >= 15 is 0 Å². The summed E-state index contributed by atoms with van der Waals surface area (Å²) in [6.45, 7) is 18.8. The van der Waals surface area contributed by atoms with Crippen LogP contribution in [0.4, 0.5) is 0 Å². The Morgan fingerprint density at radius 2 is 1.92 bits per heavy atom. The average molecular weight is 367 g/mol. The molecule has 0 heterocycles. The number of aldehydes is 1. The standard InChI is InChI=1S/C21H38O3Si/c1-15(2)18(13-24-25(7,8)19(3,4)5)17-12-20(6)10-9-16(17)11-21(20,23)14-22/h9-10,14-18,23H,11-13H2,1-8H3/t16-,17-,18-,20-,21+/m1/s1. The van der Waals surface area contributed by atoms with Crippen LogP contribution in [0.5, 0.6) is 0 Å². The molecule has 2 bridgehead atoms. The molecule has 5 atom stereocenters. The monoisotopic (exact) mass is 366 g/mol. The molecule has 4 heteroatoms. The summed E-state index contributed by atoms with van der Waals surface area (Å²) in [6.07, 6.45) is 6.52. The van der Waals surface area contributed by atoms with Crippen LogP contribution in [-0.2, 0) is 9.22 Å². The van der Waals surface area contributed by atoms with Crippen molar-refractivity contribution in [1.29, 1.82) is 0 Å². The van der Waals surface area contributed by atoms with Crippen molar-refractivity contribution in [3.05, 3.63) is 12.2 Å². The first-order valence-corrected chi connectivity index (χ1v) is 12.7. The highest BCUT2D eigenvalue weighted by molar-refractivity contribution is 6.74. The number of hydrogen-bond donors (Lipinski definition) is 1. The highest BCUT2D eigenvalue weighted by Crippen LogP contribution is 2.56. The lowest BCUT2D eigenvalue weighted by molar-refractivity contribution is -0.153. The zero-order valence-electron chi connectivity index (χ0n) is 17.4. The molecule has 0 saturated heterocycles. The topological polar surface area (TPSA) is 46.5 Å². The van der Waals surface area contributed by atoms with Gasteiger partial charge in [0.15, 0.2) is 14.6 Å². The van der Waals surface area contributed by atoms with Crippen molar-refractivity contribution in [2.24, 2.45) is 29.1 Å². The van der Waals surface area contributed by atoms with Gasteiger partial charge in [-0.15, -0.1) is 0 Å². The first kappa shape index (κ1) is 20.9. The summed E-state index contributed by atoms with van der Waals surface area (Å²) < 4.78 is 6.57. The van der Waals surface area contributed by atoms with E-state index in [1.807, 2.05) is 6.92 Å². The van der Waals surface area contributed by atoms with E-state index in [-0.39, 0.29) is 11.0 Å². The van der Waals surface area contributed by atoms with Crippen LogP contribution in [0.1, 0.15) is 54.4 Å². The van der Waals surface area contributed by atoms with Gasteiger partial charge in [0.2, 0.25) is 0 Å². The van der Waals surface area contributed by atoms with Crippen molar-refractivity contribution < 1.29 is 14.3 Å². The fraction of sp³-hybridized carbons (Fsp3) is 0.857. The molecule has 0 aromatic rings. The maximum atomic E-state index is 11.6. The Kier molecular flexibility index (Phi) is 5.52. The minimum absolute atomic E-state index is 0.212. The minimum Gasteiger partial charge on any atom is -0.417 e. The number of allylic oxidation sites excluding steroid dienone is 1. The molecule has 25 heavy (non-hydrogen) atoms. The summed E-state index contributed by atoms with van der Waals surface area (Å²) in [5.74, 6) is 1.72. The molecule has 1 N–H and O–H groups in total. The van der Waals surface area contributed by atoms with E-state index in [0.29, 0.717) is 24.2 Å². The Morgan fingerprint density at radius 3 is 2.36 bits per heavy atom. The number of carbonyl (C=O) groups is 1. The molecule has 0 spiro atoms. The third kappa shape index (κ3) is 3.67. The number of rotatable bonds is 6. The van der Waals surface area contributed by atoms with Crippen molar-refractivity contribution in [2.45, 2.75) is 78.1 Å². The molecule has 1 saturated carbocycles. The van der Waals surface area contributed by atoms with Crippen LogP contribution in [0.3, 0.4) is 0 Å². The minimum atomic E-state index is -1.78. The molecule has 3 rings (SSSR count). The third-order valence-corrected chi connectivity index (χ3v) is 12.0. The molecule has 3 nitrogen and oxygen atoms in total. The van der Waals surface area contributed by atoms with Gasteiger partial charge in [-0.2, -0.15) is 0 Å². The largest absolute Gasteiger partial charge is 0.417 e. The molecule has 0 amide bonds. The van der Waals surface area contributed by atoms with Gasteiger partial charge in [-0.1, -0.05) is 53.7 Å². The zero-order valence-corrected chi connectivity index (χ0v) is 18.4. The van der Waals surface area contributed by atoms with E-state index in [0.717, 1.165) is 19.3 Å². The highest BCUT2D eigenvalue weighted by Gasteiger charge is 2.57. The Bertz CT molecular complexity index is 534. The molecule has 0 aromatic heterocycles. The van der Waals surface area contributed by atoms with Crippen LogP contribution < -0.4 is 0 Å². The lowest BCUT2D eigenvalue weighted by Gasteiger charge is -2.55. The summed E-state index contributed by atoms with van der Waals surface area (Å²) in [6, 6.07) is 0. The van der Waals surface area contributed by atoms with E-state index in [1.54, 1.807) is 0 Å². The van der Waals surface area contributed by atoms with E-state index in [9.17, 15) is 9.90 Å². The second kappa shape index (κ2) is 6.61. The molecule has 0 aliphatic heterocycles. The maximum Gasteiger partial charge on any atom is 0.191 e. The summed E-state index contributed by atoms with van der Waals surface area (Å²) in [4.78, 5) is 11.6. The van der Waals surface area contributed by atoms with Crippen LogP contribution in [0.2, 0.25) is 18.1 Å². The lowest BCUT2D eigenvalue weighted by atomic mass is 9.51. The summed E-state index contributed by atoms with van der Waals surface area (Å²) >= 11 is 0. The van der Waals surface area contributed by atoms with E-state index in [2.05, 4.69) is 59.9 Å². The Balaban J connectivity index is 2.18. The van der Waals surface area contributed by atoms with E-state index < -0.39 is 19.3 Å². The van der Waals surface area contributed by atoms with Crippen LogP contribution >= 0.6 is 0 Å². The Labute approximate surface area is 155 Å².